The SMILES string of the molecule is CCCc1nc(NC)cc(OC2CCCC(C)C2)n1. The van der Waals surface area contributed by atoms with Crippen molar-refractivity contribution in [2.75, 3.05) is 12.4 Å². The van der Waals surface area contributed by atoms with Crippen molar-refractivity contribution < 1.29 is 4.74 Å². The van der Waals surface area contributed by atoms with Crippen molar-refractivity contribution in [3.63, 3.8) is 0 Å². The van der Waals surface area contributed by atoms with Crippen LogP contribution in [0.4, 0.5) is 5.82 Å². The normalized spacial score (nSPS) is 23.1. The van der Waals surface area contributed by atoms with E-state index in [1.165, 1.54) is 12.8 Å². The van der Waals surface area contributed by atoms with Crippen LogP contribution in [0.15, 0.2) is 6.07 Å². The topological polar surface area (TPSA) is 47.0 Å². The van der Waals surface area contributed by atoms with E-state index in [4.69, 9.17) is 4.74 Å². The summed E-state index contributed by atoms with van der Waals surface area (Å²) in [5, 5.41) is 3.08. The summed E-state index contributed by atoms with van der Waals surface area (Å²) in [5.74, 6) is 3.20. The van der Waals surface area contributed by atoms with Crippen LogP contribution >= 0.6 is 0 Å². The Bertz CT molecular complexity index is 408. The molecule has 1 aromatic rings. The summed E-state index contributed by atoms with van der Waals surface area (Å²) in [4.78, 5) is 8.96. The van der Waals surface area contributed by atoms with E-state index >= 15 is 0 Å². The monoisotopic (exact) mass is 263 g/mol. The van der Waals surface area contributed by atoms with Gasteiger partial charge in [-0.15, -0.1) is 0 Å². The molecule has 0 aromatic carbocycles. The highest BCUT2D eigenvalue weighted by atomic mass is 16.5. The van der Waals surface area contributed by atoms with Gasteiger partial charge in [0.05, 0.1) is 0 Å². The van der Waals surface area contributed by atoms with Gasteiger partial charge in [-0.05, 0) is 31.6 Å². The lowest BCUT2D eigenvalue weighted by atomic mass is 9.89. The van der Waals surface area contributed by atoms with Gasteiger partial charge in [-0.25, -0.2) is 4.98 Å². The minimum absolute atomic E-state index is 0.317. The van der Waals surface area contributed by atoms with Crippen molar-refractivity contribution in [2.45, 2.75) is 58.5 Å². The molecule has 4 heteroatoms. The van der Waals surface area contributed by atoms with Crippen LogP contribution in [-0.4, -0.2) is 23.1 Å². The second kappa shape index (κ2) is 6.73. The van der Waals surface area contributed by atoms with E-state index in [9.17, 15) is 0 Å². The van der Waals surface area contributed by atoms with E-state index in [0.29, 0.717) is 6.10 Å². The zero-order chi connectivity index (χ0) is 13.7. The number of hydrogen-bond donors (Lipinski definition) is 1. The van der Waals surface area contributed by atoms with Crippen molar-refractivity contribution in [3.05, 3.63) is 11.9 Å². The van der Waals surface area contributed by atoms with Gasteiger partial charge in [-0.1, -0.05) is 20.3 Å². The summed E-state index contributed by atoms with van der Waals surface area (Å²) in [6.07, 6.45) is 7.14. The van der Waals surface area contributed by atoms with E-state index in [-0.39, 0.29) is 0 Å². The summed E-state index contributed by atoms with van der Waals surface area (Å²) in [7, 11) is 1.88. The van der Waals surface area contributed by atoms with Gasteiger partial charge in [0, 0.05) is 19.5 Å². The fraction of sp³-hybridized carbons (Fsp3) is 0.733. The molecule has 1 aliphatic rings. The fourth-order valence-corrected chi connectivity index (χ4v) is 2.65. The number of aromatic nitrogens is 2. The Labute approximate surface area is 116 Å². The number of anilines is 1. The van der Waals surface area contributed by atoms with E-state index < -0.39 is 0 Å². The maximum atomic E-state index is 6.06. The summed E-state index contributed by atoms with van der Waals surface area (Å²) in [6, 6.07) is 1.90. The number of rotatable bonds is 5. The highest BCUT2D eigenvalue weighted by Crippen LogP contribution is 2.27. The molecule has 1 aromatic heterocycles. The first-order valence-corrected chi connectivity index (χ1v) is 7.43. The van der Waals surface area contributed by atoms with Crippen LogP contribution < -0.4 is 10.1 Å². The molecule has 4 nitrogen and oxygen atoms in total. The highest BCUT2D eigenvalue weighted by molar-refractivity contribution is 5.37. The first kappa shape index (κ1) is 14.1. The van der Waals surface area contributed by atoms with Crippen LogP contribution in [0.3, 0.4) is 0 Å². The van der Waals surface area contributed by atoms with Gasteiger partial charge in [-0.2, -0.15) is 4.98 Å². The molecule has 0 saturated heterocycles. The van der Waals surface area contributed by atoms with Gasteiger partial charge in [-0.3, -0.25) is 0 Å². The summed E-state index contributed by atoms with van der Waals surface area (Å²) in [6.45, 7) is 4.44. The Morgan fingerprint density at radius 3 is 2.89 bits per heavy atom. The van der Waals surface area contributed by atoms with Crippen LogP contribution in [0.5, 0.6) is 5.88 Å². The summed E-state index contributed by atoms with van der Waals surface area (Å²) >= 11 is 0. The van der Waals surface area contributed by atoms with Crippen molar-refractivity contribution in [2.24, 2.45) is 5.92 Å². The molecule has 2 rings (SSSR count). The minimum Gasteiger partial charge on any atom is -0.474 e. The Hall–Kier alpha value is -1.32. The van der Waals surface area contributed by atoms with E-state index in [1.54, 1.807) is 0 Å². The van der Waals surface area contributed by atoms with Crippen LogP contribution in [0, 0.1) is 5.92 Å². The Kier molecular flexibility index (Phi) is 5.00. The molecule has 1 fully saturated rings. The smallest absolute Gasteiger partial charge is 0.218 e. The number of nitrogens with one attached hydrogen (secondary N) is 1. The van der Waals surface area contributed by atoms with Gasteiger partial charge in [0.25, 0.3) is 0 Å². The van der Waals surface area contributed by atoms with Crippen LogP contribution in [0.2, 0.25) is 0 Å². The Balaban J connectivity index is 2.07. The lowest BCUT2D eigenvalue weighted by Gasteiger charge is -2.27. The van der Waals surface area contributed by atoms with Gasteiger partial charge in [0.1, 0.15) is 17.7 Å². The number of ether oxygens (including phenoxy) is 1. The van der Waals surface area contributed by atoms with Gasteiger partial charge in [0.15, 0.2) is 0 Å². The number of aryl methyl sites for hydroxylation is 1. The zero-order valence-corrected chi connectivity index (χ0v) is 12.3. The molecule has 1 heterocycles. The zero-order valence-electron chi connectivity index (χ0n) is 12.3. The molecule has 106 valence electrons. The van der Waals surface area contributed by atoms with Crippen LogP contribution in [0.1, 0.15) is 51.8 Å². The summed E-state index contributed by atoms with van der Waals surface area (Å²) in [5.41, 5.74) is 0. The van der Waals surface area contributed by atoms with Crippen LogP contribution in [-0.2, 0) is 6.42 Å². The molecule has 0 aliphatic heterocycles. The molecule has 19 heavy (non-hydrogen) atoms. The van der Waals surface area contributed by atoms with Crippen molar-refractivity contribution in [1.82, 2.24) is 9.97 Å². The summed E-state index contributed by atoms with van der Waals surface area (Å²) < 4.78 is 6.06. The number of hydrogen-bond acceptors (Lipinski definition) is 4. The molecule has 0 bridgehead atoms. The average Bonchev–Trinajstić information content (AvgIpc) is 2.39. The Morgan fingerprint density at radius 2 is 2.21 bits per heavy atom. The molecule has 1 N–H and O–H groups in total. The fourth-order valence-electron chi connectivity index (χ4n) is 2.65. The maximum Gasteiger partial charge on any atom is 0.218 e. The minimum atomic E-state index is 0.317. The molecular formula is C15H25N3O. The van der Waals surface area contributed by atoms with Crippen molar-refractivity contribution in [3.8, 4) is 5.88 Å². The van der Waals surface area contributed by atoms with E-state index in [0.717, 1.165) is 49.1 Å². The lowest BCUT2D eigenvalue weighted by Crippen LogP contribution is -2.24. The molecule has 0 radical (unpaired) electrons. The molecule has 2 unspecified atom stereocenters. The third kappa shape index (κ3) is 4.08. The largest absolute Gasteiger partial charge is 0.474 e. The molecule has 0 spiro atoms. The highest BCUT2D eigenvalue weighted by Gasteiger charge is 2.21. The van der Waals surface area contributed by atoms with Gasteiger partial charge in [0.2, 0.25) is 5.88 Å². The van der Waals surface area contributed by atoms with Crippen molar-refractivity contribution in [1.29, 1.82) is 0 Å². The molecule has 1 aliphatic carbocycles. The third-order valence-electron chi connectivity index (χ3n) is 3.65. The molecule has 1 saturated carbocycles. The first-order valence-electron chi connectivity index (χ1n) is 7.43. The lowest BCUT2D eigenvalue weighted by molar-refractivity contribution is 0.123. The van der Waals surface area contributed by atoms with Crippen LogP contribution in [0.25, 0.3) is 0 Å². The Morgan fingerprint density at radius 1 is 1.37 bits per heavy atom. The quantitative estimate of drug-likeness (QED) is 0.884. The van der Waals surface area contributed by atoms with E-state index in [2.05, 4.69) is 29.1 Å². The second-order valence-corrected chi connectivity index (χ2v) is 5.52. The predicted molar refractivity (Wildman–Crippen MR) is 77.6 cm³/mol. The standard InChI is InChI=1S/C15H25N3O/c1-4-6-13-17-14(16-3)10-15(18-13)19-12-8-5-7-11(2)9-12/h10-12H,4-9H2,1-3H3,(H,16,17,18). The third-order valence-corrected chi connectivity index (χ3v) is 3.65. The first-order chi connectivity index (χ1) is 9.21. The molecule has 0 amide bonds. The molecular weight excluding hydrogens is 238 g/mol. The number of nitrogens with zero attached hydrogens (tertiary/aromatic N) is 2. The van der Waals surface area contributed by atoms with E-state index in [1.807, 2.05) is 13.1 Å². The second-order valence-electron chi connectivity index (χ2n) is 5.52. The van der Waals surface area contributed by atoms with Gasteiger partial charge < -0.3 is 10.1 Å². The predicted octanol–water partition coefficient (Wildman–Crippen LogP) is 3.43. The average molecular weight is 263 g/mol. The van der Waals surface area contributed by atoms with Crippen molar-refractivity contribution >= 4 is 5.82 Å². The molecule has 2 atom stereocenters. The van der Waals surface area contributed by atoms with Gasteiger partial charge >= 0.3 is 0 Å². The maximum absolute atomic E-state index is 6.06.